The molecule has 0 heterocycles. The van der Waals surface area contributed by atoms with E-state index in [1.165, 1.54) is 40.7 Å². The van der Waals surface area contributed by atoms with Crippen LogP contribution >= 0.6 is 27.3 Å². The second-order valence-electron chi connectivity index (χ2n) is 8.36. The fourth-order valence-corrected chi connectivity index (χ4v) is 6.58. The van der Waals surface area contributed by atoms with Crippen LogP contribution in [0.4, 0.5) is 0 Å². The fourth-order valence-electron chi connectivity index (χ4n) is 4.11. The maximum absolute atomic E-state index is 9.56. The molecule has 3 nitrogen and oxygen atoms in total. The first-order chi connectivity index (χ1) is 17.0. The van der Waals surface area contributed by atoms with Crippen LogP contribution in [0, 0.1) is 0 Å². The van der Waals surface area contributed by atoms with E-state index in [0.29, 0.717) is 6.04 Å². The Labute approximate surface area is 230 Å². The summed E-state index contributed by atoms with van der Waals surface area (Å²) in [5, 5.41) is 8.00. The fraction of sp³-hybridized carbons (Fsp3) is 0.333. The molecular formula is C27H35Cl2N2OPRuS. The summed E-state index contributed by atoms with van der Waals surface area (Å²) < 4.78 is 9.56. The Balaban J connectivity index is 0.000000551. The Morgan fingerprint density at radius 3 is 1.86 bits per heavy atom. The van der Waals surface area contributed by atoms with Gasteiger partial charge in [0.1, 0.15) is 0 Å². The number of nitrogens with two attached hydrogens (primary N) is 1. The van der Waals surface area contributed by atoms with Crippen LogP contribution in [0.25, 0.3) is 0 Å². The second kappa shape index (κ2) is 17.8. The van der Waals surface area contributed by atoms with Crippen LogP contribution in [-0.2, 0) is 32.5 Å². The molecule has 0 amide bonds. The summed E-state index contributed by atoms with van der Waals surface area (Å²) in [6, 6.07) is 31.5. The Hall–Kier alpha value is -0.637. The van der Waals surface area contributed by atoms with Crippen molar-refractivity contribution >= 4 is 54.0 Å². The first-order valence-electron chi connectivity index (χ1n) is 11.5. The molecule has 0 aliphatic heterocycles. The van der Waals surface area contributed by atoms with Crippen LogP contribution in [0.5, 0.6) is 0 Å². The zero-order valence-corrected chi connectivity index (χ0v) is 25.2. The molecule has 1 aliphatic carbocycles. The summed E-state index contributed by atoms with van der Waals surface area (Å²) >= 11 is -0.346. The molecule has 35 heavy (non-hydrogen) atoms. The minimum atomic E-state index is -0.611. The van der Waals surface area contributed by atoms with Crippen molar-refractivity contribution in [3.8, 4) is 0 Å². The van der Waals surface area contributed by atoms with Gasteiger partial charge < -0.3 is 11.1 Å². The predicted molar refractivity (Wildman–Crippen MR) is 154 cm³/mol. The van der Waals surface area contributed by atoms with E-state index < -0.39 is 18.7 Å². The number of rotatable bonds is 6. The van der Waals surface area contributed by atoms with Gasteiger partial charge in [0.2, 0.25) is 0 Å². The first-order valence-corrected chi connectivity index (χ1v) is 19.3. The number of hydrogen-bond acceptors (Lipinski definition) is 3. The van der Waals surface area contributed by atoms with Gasteiger partial charge in [0, 0.05) is 41.9 Å². The Morgan fingerprint density at radius 1 is 0.886 bits per heavy atom. The van der Waals surface area contributed by atoms with Crippen molar-refractivity contribution < 1.29 is 19.4 Å². The van der Waals surface area contributed by atoms with Crippen LogP contribution in [0.3, 0.4) is 0 Å². The van der Waals surface area contributed by atoms with Crippen LogP contribution in [0.15, 0.2) is 84.9 Å². The molecule has 0 radical (unpaired) electrons. The van der Waals surface area contributed by atoms with E-state index in [0.717, 1.165) is 13.0 Å². The van der Waals surface area contributed by atoms with E-state index in [2.05, 4.69) is 90.2 Å². The number of hydrogen-bond donors (Lipinski definition) is 2. The summed E-state index contributed by atoms with van der Waals surface area (Å²) in [5.74, 6) is 0. The SMILES string of the molecule is CS(C)=O.N[C@@H]1CCCC[C@H]1NCc1ccccc1P(c1ccccc1)c1ccccc1.[Cl][Ru][Cl]. The molecule has 8 heteroatoms. The van der Waals surface area contributed by atoms with Crippen molar-refractivity contribution in [1.82, 2.24) is 5.32 Å². The number of benzene rings is 3. The molecule has 0 bridgehead atoms. The van der Waals surface area contributed by atoms with Crippen molar-refractivity contribution in [1.29, 1.82) is 0 Å². The van der Waals surface area contributed by atoms with Gasteiger partial charge in [0.15, 0.2) is 0 Å². The van der Waals surface area contributed by atoms with Gasteiger partial charge in [-0.25, -0.2) is 0 Å². The van der Waals surface area contributed by atoms with E-state index in [1.54, 1.807) is 12.5 Å². The molecule has 192 valence electrons. The molecule has 0 spiro atoms. The van der Waals surface area contributed by atoms with Crippen LogP contribution < -0.4 is 27.0 Å². The second-order valence-corrected chi connectivity index (χ2v) is 14.7. The van der Waals surface area contributed by atoms with Crippen LogP contribution in [0.2, 0.25) is 0 Å². The minimum absolute atomic E-state index is 0.283. The van der Waals surface area contributed by atoms with E-state index in [4.69, 9.17) is 25.1 Å². The molecule has 2 atom stereocenters. The molecule has 0 unspecified atom stereocenters. The average Bonchev–Trinajstić information content (AvgIpc) is 2.86. The zero-order chi connectivity index (χ0) is 25.5. The van der Waals surface area contributed by atoms with Crippen molar-refractivity contribution in [2.75, 3.05) is 12.5 Å². The van der Waals surface area contributed by atoms with Crippen LogP contribution in [0.1, 0.15) is 31.2 Å². The van der Waals surface area contributed by atoms with E-state index >= 15 is 0 Å². The molecule has 3 aromatic carbocycles. The maximum atomic E-state index is 9.56. The van der Waals surface area contributed by atoms with Crippen molar-refractivity contribution in [2.24, 2.45) is 5.73 Å². The Bertz CT molecular complexity index is 957. The molecular weight excluding hydrogens is 603 g/mol. The van der Waals surface area contributed by atoms with Gasteiger partial charge in [-0.05, 0) is 42.2 Å². The summed E-state index contributed by atoms with van der Waals surface area (Å²) in [5.41, 5.74) is 7.75. The number of nitrogens with one attached hydrogen (secondary N) is 1. The standard InChI is InChI=1S/C25H29N2P.C2H6OS.2ClH.Ru/c26-23-16-8-9-17-24(23)27-19-20-11-7-10-18-25(20)28(21-12-3-1-4-13-21)22-14-5-2-6-15-22;1-4(2)3;;;/h1-7,10-15,18,23-24,27H,8-9,16-17,19,26H2;1-2H3;2*1H;/q;;;;+2/p-2/t23-,24-;;;;/m1..../s1. The van der Waals surface area contributed by atoms with Crippen molar-refractivity contribution in [3.05, 3.63) is 90.5 Å². The summed E-state index contributed by atoms with van der Waals surface area (Å²) in [6.07, 6.45) is 8.16. The van der Waals surface area contributed by atoms with Gasteiger partial charge in [-0.15, -0.1) is 0 Å². The number of halogens is 2. The third-order valence-electron chi connectivity index (χ3n) is 5.64. The normalized spacial score (nSPS) is 17.3. The van der Waals surface area contributed by atoms with Crippen LogP contribution in [-0.4, -0.2) is 28.8 Å². The third-order valence-corrected chi connectivity index (χ3v) is 8.18. The summed E-state index contributed by atoms with van der Waals surface area (Å²) in [6.45, 7) is 0.882. The Kier molecular flexibility index (Phi) is 15.5. The van der Waals surface area contributed by atoms with E-state index in [1.807, 2.05) is 0 Å². The zero-order valence-electron chi connectivity index (χ0n) is 20.2. The molecule has 0 aromatic heterocycles. The topological polar surface area (TPSA) is 55.1 Å². The van der Waals surface area contributed by atoms with E-state index in [-0.39, 0.29) is 21.2 Å². The predicted octanol–water partition coefficient (Wildman–Crippen LogP) is 5.18. The van der Waals surface area contributed by atoms with Gasteiger partial charge in [-0.3, -0.25) is 4.21 Å². The first kappa shape index (κ1) is 30.6. The third kappa shape index (κ3) is 11.1. The van der Waals surface area contributed by atoms with Crippen molar-refractivity contribution in [3.63, 3.8) is 0 Å². The molecule has 4 rings (SSSR count). The molecule has 3 N–H and O–H groups in total. The Morgan fingerprint density at radius 2 is 1.34 bits per heavy atom. The van der Waals surface area contributed by atoms with Gasteiger partial charge in [-0.2, -0.15) is 0 Å². The quantitative estimate of drug-likeness (QED) is 0.290. The average molecular weight is 639 g/mol. The van der Waals surface area contributed by atoms with Gasteiger partial charge in [0.05, 0.1) is 0 Å². The van der Waals surface area contributed by atoms with Crippen molar-refractivity contribution in [2.45, 2.75) is 44.3 Å². The molecule has 3 aromatic rings. The molecule has 1 fully saturated rings. The van der Waals surface area contributed by atoms with Gasteiger partial charge in [0.25, 0.3) is 0 Å². The molecule has 0 saturated heterocycles. The molecule has 1 saturated carbocycles. The van der Waals surface area contributed by atoms with Gasteiger partial charge >= 0.3 is 34.5 Å². The monoisotopic (exact) mass is 638 g/mol. The summed E-state index contributed by atoms with van der Waals surface area (Å²) in [7, 11) is 8.52. The van der Waals surface area contributed by atoms with E-state index in [9.17, 15) is 4.21 Å². The molecule has 1 aliphatic rings. The summed E-state index contributed by atoms with van der Waals surface area (Å²) in [4.78, 5) is 0. The van der Waals surface area contributed by atoms with Gasteiger partial charge in [-0.1, -0.05) is 97.8 Å².